The molecule has 8 nitrogen and oxygen atoms in total. The van der Waals surface area contributed by atoms with Crippen molar-refractivity contribution in [2.24, 2.45) is 17.8 Å². The van der Waals surface area contributed by atoms with Crippen molar-refractivity contribution in [3.05, 3.63) is 29.8 Å². The van der Waals surface area contributed by atoms with Gasteiger partial charge in [0.2, 0.25) is 17.7 Å². The number of carbonyl (C=O) groups is 4. The van der Waals surface area contributed by atoms with E-state index in [0.29, 0.717) is 37.7 Å². The molecular weight excluding hydrogens is 436 g/mol. The van der Waals surface area contributed by atoms with Crippen molar-refractivity contribution in [3.8, 4) is 0 Å². The molecule has 34 heavy (non-hydrogen) atoms. The van der Waals surface area contributed by atoms with E-state index in [1.165, 1.54) is 4.90 Å². The molecule has 2 unspecified atom stereocenters. The smallest absolute Gasteiger partial charge is 0.233 e. The van der Waals surface area contributed by atoms with Gasteiger partial charge in [-0.3, -0.25) is 19.3 Å². The second-order valence-electron chi connectivity index (χ2n) is 9.11. The fraction of sp³-hybridized carbons (Fsp3) is 0.615. The number of hydrogen-bond donors (Lipinski definition) is 1. The molecule has 1 saturated carbocycles. The Morgan fingerprint density at radius 3 is 2.38 bits per heavy atom. The van der Waals surface area contributed by atoms with E-state index in [1.807, 2.05) is 31.2 Å². The van der Waals surface area contributed by atoms with Gasteiger partial charge in [-0.25, -0.2) is 0 Å². The highest BCUT2D eigenvalue weighted by atomic mass is 16.5. The summed E-state index contributed by atoms with van der Waals surface area (Å²) < 4.78 is 11.0. The molecule has 3 amide bonds. The third-order valence-corrected chi connectivity index (χ3v) is 6.75. The maximum atomic E-state index is 12.7. The Morgan fingerprint density at radius 2 is 1.71 bits per heavy atom. The zero-order valence-corrected chi connectivity index (χ0v) is 20.0. The molecule has 2 atom stereocenters. The summed E-state index contributed by atoms with van der Waals surface area (Å²) in [7, 11) is 0. The Morgan fingerprint density at radius 1 is 1.03 bits per heavy atom. The Hall–Kier alpha value is -2.58. The van der Waals surface area contributed by atoms with Gasteiger partial charge >= 0.3 is 0 Å². The molecule has 1 heterocycles. The Kier molecular flexibility index (Phi) is 10.2. The van der Waals surface area contributed by atoms with Gasteiger partial charge in [0, 0.05) is 18.0 Å². The van der Waals surface area contributed by atoms with Crippen LogP contribution in [-0.2, 0) is 35.1 Å². The average molecular weight is 473 g/mol. The summed E-state index contributed by atoms with van der Waals surface area (Å²) in [5, 5.41) is 2.81. The van der Waals surface area contributed by atoms with Crippen molar-refractivity contribution in [1.29, 1.82) is 0 Å². The summed E-state index contributed by atoms with van der Waals surface area (Å²) in [6.07, 6.45) is 6.69. The molecule has 0 aromatic heterocycles. The second-order valence-corrected chi connectivity index (χ2v) is 9.11. The molecule has 1 aliphatic carbocycles. The SMILES string of the molecule is CC1C(=O)N(CCOCCOCCC(=O)Nc2ccc(CCC=O)cc2)C(=O)C1C1CCCC1. The minimum Gasteiger partial charge on any atom is -0.379 e. The van der Waals surface area contributed by atoms with Crippen LogP contribution in [0.5, 0.6) is 0 Å². The first-order valence-electron chi connectivity index (χ1n) is 12.3. The number of aldehydes is 1. The quantitative estimate of drug-likeness (QED) is 0.254. The second kappa shape index (κ2) is 13.3. The van der Waals surface area contributed by atoms with Crippen LogP contribution in [-0.4, -0.2) is 61.9 Å². The summed E-state index contributed by atoms with van der Waals surface area (Å²) in [5.74, 6) is -0.307. The lowest BCUT2D eigenvalue weighted by Gasteiger charge is -2.19. The Labute approximate surface area is 201 Å². The van der Waals surface area contributed by atoms with Gasteiger partial charge in [-0.15, -0.1) is 0 Å². The largest absolute Gasteiger partial charge is 0.379 e. The van der Waals surface area contributed by atoms with Crippen LogP contribution in [0.3, 0.4) is 0 Å². The van der Waals surface area contributed by atoms with E-state index in [9.17, 15) is 19.2 Å². The van der Waals surface area contributed by atoms with Crippen LogP contribution < -0.4 is 5.32 Å². The van der Waals surface area contributed by atoms with E-state index in [0.717, 1.165) is 37.5 Å². The number of aryl methyl sites for hydroxylation is 1. The summed E-state index contributed by atoms with van der Waals surface area (Å²) >= 11 is 0. The number of imide groups is 1. The fourth-order valence-corrected chi connectivity index (χ4v) is 4.90. The molecule has 1 N–H and O–H groups in total. The van der Waals surface area contributed by atoms with Gasteiger partial charge in [-0.05, 0) is 42.9 Å². The van der Waals surface area contributed by atoms with Crippen molar-refractivity contribution in [2.75, 3.05) is 38.3 Å². The van der Waals surface area contributed by atoms with E-state index in [-0.39, 0.29) is 55.7 Å². The highest BCUT2D eigenvalue weighted by Gasteiger charge is 2.48. The van der Waals surface area contributed by atoms with E-state index >= 15 is 0 Å². The van der Waals surface area contributed by atoms with Crippen molar-refractivity contribution in [2.45, 2.75) is 51.9 Å². The van der Waals surface area contributed by atoms with Crippen molar-refractivity contribution in [3.63, 3.8) is 0 Å². The predicted octanol–water partition coefficient (Wildman–Crippen LogP) is 2.99. The van der Waals surface area contributed by atoms with Crippen LogP contribution >= 0.6 is 0 Å². The van der Waals surface area contributed by atoms with Gasteiger partial charge in [0.05, 0.1) is 45.3 Å². The summed E-state index contributed by atoms with van der Waals surface area (Å²) in [4.78, 5) is 49.1. The van der Waals surface area contributed by atoms with Crippen LogP contribution in [0.4, 0.5) is 5.69 Å². The number of rotatable bonds is 14. The van der Waals surface area contributed by atoms with E-state index in [1.54, 1.807) is 0 Å². The van der Waals surface area contributed by atoms with Crippen molar-refractivity contribution >= 4 is 29.7 Å². The topological polar surface area (TPSA) is 102 Å². The molecule has 8 heteroatoms. The van der Waals surface area contributed by atoms with E-state index in [4.69, 9.17) is 9.47 Å². The summed E-state index contributed by atoms with van der Waals surface area (Å²) in [6.45, 7) is 3.38. The van der Waals surface area contributed by atoms with Crippen LogP contribution in [0.1, 0.15) is 51.0 Å². The molecule has 1 aliphatic heterocycles. The van der Waals surface area contributed by atoms with Crippen LogP contribution in [0.15, 0.2) is 24.3 Å². The lowest BCUT2D eigenvalue weighted by Crippen LogP contribution is -2.35. The zero-order valence-electron chi connectivity index (χ0n) is 20.0. The molecule has 0 radical (unpaired) electrons. The molecule has 186 valence electrons. The third-order valence-electron chi connectivity index (χ3n) is 6.75. The number of benzene rings is 1. The molecule has 1 aromatic rings. The lowest BCUT2D eigenvalue weighted by molar-refractivity contribution is -0.141. The predicted molar refractivity (Wildman–Crippen MR) is 127 cm³/mol. The first-order chi connectivity index (χ1) is 16.5. The van der Waals surface area contributed by atoms with Gasteiger partial charge in [0.1, 0.15) is 6.29 Å². The number of ether oxygens (including phenoxy) is 2. The Bertz CT molecular complexity index is 834. The van der Waals surface area contributed by atoms with E-state index < -0.39 is 0 Å². The van der Waals surface area contributed by atoms with E-state index in [2.05, 4.69) is 5.32 Å². The number of carbonyl (C=O) groups excluding carboxylic acids is 4. The molecule has 2 fully saturated rings. The highest BCUT2D eigenvalue weighted by molar-refractivity contribution is 6.05. The summed E-state index contributed by atoms with van der Waals surface area (Å²) in [6, 6.07) is 7.43. The first kappa shape index (κ1) is 26.0. The molecular formula is C26H36N2O6. The molecule has 1 aromatic carbocycles. The number of nitrogens with one attached hydrogen (secondary N) is 1. The van der Waals surface area contributed by atoms with Crippen LogP contribution in [0.2, 0.25) is 0 Å². The third kappa shape index (κ3) is 7.21. The monoisotopic (exact) mass is 472 g/mol. The first-order valence-corrected chi connectivity index (χ1v) is 12.3. The summed E-state index contributed by atoms with van der Waals surface area (Å²) in [5.41, 5.74) is 1.76. The molecule has 0 bridgehead atoms. The zero-order chi connectivity index (χ0) is 24.3. The standard InChI is InChI=1S/C26H36N2O6/c1-19-24(21-6-2-3-7-21)26(32)28(25(19)31)13-16-34-18-17-33-15-12-23(30)27-22-10-8-20(9-11-22)5-4-14-29/h8-11,14,19,21,24H,2-7,12-13,15-18H2,1H3,(H,27,30). The Balaban J connectivity index is 1.24. The number of amides is 3. The van der Waals surface area contributed by atoms with Gasteiger partial charge < -0.3 is 19.6 Å². The van der Waals surface area contributed by atoms with Gasteiger partial charge in [0.15, 0.2) is 0 Å². The van der Waals surface area contributed by atoms with Gasteiger partial charge in [-0.1, -0.05) is 31.9 Å². The molecule has 1 saturated heterocycles. The van der Waals surface area contributed by atoms with Crippen LogP contribution in [0, 0.1) is 17.8 Å². The number of hydrogen-bond acceptors (Lipinski definition) is 6. The highest BCUT2D eigenvalue weighted by Crippen LogP contribution is 2.40. The van der Waals surface area contributed by atoms with Crippen molar-refractivity contribution in [1.82, 2.24) is 4.90 Å². The molecule has 3 rings (SSSR count). The number of anilines is 1. The maximum Gasteiger partial charge on any atom is 0.233 e. The van der Waals surface area contributed by atoms with Crippen molar-refractivity contribution < 1.29 is 28.7 Å². The maximum absolute atomic E-state index is 12.7. The number of nitrogens with zero attached hydrogens (tertiary/aromatic N) is 1. The molecule has 0 spiro atoms. The fourth-order valence-electron chi connectivity index (χ4n) is 4.90. The minimum absolute atomic E-state index is 0.0362. The molecule has 2 aliphatic rings. The van der Waals surface area contributed by atoms with Gasteiger partial charge in [0.25, 0.3) is 0 Å². The minimum atomic E-state index is -0.231. The van der Waals surface area contributed by atoms with Crippen LogP contribution in [0.25, 0.3) is 0 Å². The number of likely N-dealkylation sites (tertiary alicyclic amines) is 1. The lowest BCUT2D eigenvalue weighted by atomic mass is 9.83. The average Bonchev–Trinajstić information content (AvgIpc) is 3.42. The normalized spacial score (nSPS) is 20.8. The van der Waals surface area contributed by atoms with Gasteiger partial charge in [-0.2, -0.15) is 0 Å².